The second-order valence-corrected chi connectivity index (χ2v) is 4.58. The Kier molecular flexibility index (Phi) is 4.58. The van der Waals surface area contributed by atoms with Crippen LogP contribution >= 0.6 is 11.6 Å². The van der Waals surface area contributed by atoms with E-state index in [1.807, 2.05) is 25.1 Å². The zero-order chi connectivity index (χ0) is 13.7. The average molecular weight is 279 g/mol. The smallest absolute Gasteiger partial charge is 0.219 e. The van der Waals surface area contributed by atoms with Gasteiger partial charge in [-0.05, 0) is 24.3 Å². The molecule has 0 spiro atoms. The van der Waals surface area contributed by atoms with Crippen molar-refractivity contribution < 1.29 is 9.32 Å². The Morgan fingerprint density at radius 1 is 1.37 bits per heavy atom. The molecule has 0 aliphatic heterocycles. The molecule has 0 aliphatic rings. The highest BCUT2D eigenvalue weighted by Gasteiger charge is 2.07. The Bertz CT molecular complexity index is 549. The number of aromatic nitrogens is 1. The number of carbonyl (C=O) groups excluding carboxylic acids is 1. The predicted octanol–water partition coefficient (Wildman–Crippen LogP) is 3.06. The fourth-order valence-corrected chi connectivity index (χ4v) is 1.76. The van der Waals surface area contributed by atoms with E-state index < -0.39 is 0 Å². The third kappa shape index (κ3) is 3.83. The van der Waals surface area contributed by atoms with Crippen LogP contribution in [0.5, 0.6) is 0 Å². The molecule has 0 saturated heterocycles. The van der Waals surface area contributed by atoms with Gasteiger partial charge < -0.3 is 9.84 Å². The lowest BCUT2D eigenvalue weighted by atomic mass is 10.1. The zero-order valence-electron chi connectivity index (χ0n) is 10.6. The van der Waals surface area contributed by atoms with Crippen LogP contribution in [0.1, 0.15) is 19.0 Å². The van der Waals surface area contributed by atoms with Gasteiger partial charge in [0.25, 0.3) is 0 Å². The molecule has 0 aliphatic carbocycles. The molecule has 0 unspecified atom stereocenters. The fourth-order valence-electron chi connectivity index (χ4n) is 1.63. The summed E-state index contributed by atoms with van der Waals surface area (Å²) in [5.41, 5.74) is 1.75. The molecule has 4 nitrogen and oxygen atoms in total. The average Bonchev–Trinajstić information content (AvgIpc) is 2.88. The third-order valence-electron chi connectivity index (χ3n) is 2.71. The minimum Gasteiger partial charge on any atom is -0.356 e. The van der Waals surface area contributed by atoms with Crippen molar-refractivity contribution in [3.05, 3.63) is 41.0 Å². The summed E-state index contributed by atoms with van der Waals surface area (Å²) >= 11 is 5.83. The van der Waals surface area contributed by atoms with Crippen LogP contribution < -0.4 is 5.32 Å². The van der Waals surface area contributed by atoms with Gasteiger partial charge in [-0.15, -0.1) is 0 Å². The highest BCUT2D eigenvalue weighted by Crippen LogP contribution is 2.22. The highest BCUT2D eigenvalue weighted by molar-refractivity contribution is 6.30. The van der Waals surface area contributed by atoms with Crippen LogP contribution in [0.25, 0.3) is 11.3 Å². The first-order chi connectivity index (χ1) is 9.19. The second-order valence-electron chi connectivity index (χ2n) is 4.14. The van der Waals surface area contributed by atoms with Gasteiger partial charge in [0.05, 0.1) is 5.69 Å². The molecular weight excluding hydrogens is 264 g/mol. The van der Waals surface area contributed by atoms with E-state index >= 15 is 0 Å². The molecule has 1 N–H and O–H groups in total. The van der Waals surface area contributed by atoms with E-state index in [-0.39, 0.29) is 5.91 Å². The van der Waals surface area contributed by atoms with Crippen LogP contribution in [-0.4, -0.2) is 17.6 Å². The molecule has 0 saturated carbocycles. The Balaban J connectivity index is 1.95. The molecule has 0 radical (unpaired) electrons. The van der Waals surface area contributed by atoms with Gasteiger partial charge in [-0.1, -0.05) is 23.7 Å². The Morgan fingerprint density at radius 3 is 2.79 bits per heavy atom. The van der Waals surface area contributed by atoms with E-state index in [2.05, 4.69) is 10.5 Å². The first kappa shape index (κ1) is 13.6. The largest absolute Gasteiger partial charge is 0.356 e. The first-order valence-electron chi connectivity index (χ1n) is 6.17. The van der Waals surface area contributed by atoms with Crippen LogP contribution in [0.15, 0.2) is 34.9 Å². The van der Waals surface area contributed by atoms with Crippen molar-refractivity contribution in [2.75, 3.05) is 6.54 Å². The molecule has 1 aromatic heterocycles. The molecule has 100 valence electrons. The molecule has 0 atom stereocenters. The molecule has 1 aromatic carbocycles. The quantitative estimate of drug-likeness (QED) is 0.914. The molecule has 1 heterocycles. The SMILES string of the molecule is CCC(=O)NCCc1cc(-c2ccc(Cl)cc2)on1. The molecule has 2 aromatic rings. The van der Waals surface area contributed by atoms with Gasteiger partial charge in [0.15, 0.2) is 5.76 Å². The molecular formula is C14H15ClN2O2. The van der Waals surface area contributed by atoms with Gasteiger partial charge in [-0.25, -0.2) is 0 Å². The lowest BCUT2D eigenvalue weighted by Gasteiger charge is -1.99. The second kappa shape index (κ2) is 6.38. The Morgan fingerprint density at radius 2 is 2.11 bits per heavy atom. The summed E-state index contributed by atoms with van der Waals surface area (Å²) in [5, 5.41) is 7.46. The lowest BCUT2D eigenvalue weighted by molar-refractivity contribution is -0.120. The van der Waals surface area contributed by atoms with Crippen molar-refractivity contribution >= 4 is 17.5 Å². The number of hydrogen-bond donors (Lipinski definition) is 1. The Hall–Kier alpha value is -1.81. The standard InChI is InChI=1S/C14H15ClN2O2/c1-2-14(18)16-8-7-12-9-13(19-17-12)10-3-5-11(15)6-4-10/h3-6,9H,2,7-8H2,1H3,(H,16,18). The van der Waals surface area contributed by atoms with Gasteiger partial charge >= 0.3 is 0 Å². The van der Waals surface area contributed by atoms with Crippen LogP contribution in [0.4, 0.5) is 0 Å². The number of amides is 1. The zero-order valence-corrected chi connectivity index (χ0v) is 11.4. The molecule has 5 heteroatoms. The number of nitrogens with one attached hydrogen (secondary N) is 1. The molecule has 0 fully saturated rings. The maximum Gasteiger partial charge on any atom is 0.219 e. The summed E-state index contributed by atoms with van der Waals surface area (Å²) in [6.07, 6.45) is 1.15. The number of rotatable bonds is 5. The van der Waals surface area contributed by atoms with Crippen molar-refractivity contribution in [3.8, 4) is 11.3 Å². The van der Waals surface area contributed by atoms with Gasteiger partial charge in [-0.3, -0.25) is 4.79 Å². The summed E-state index contributed by atoms with van der Waals surface area (Å²) in [4.78, 5) is 11.1. The summed E-state index contributed by atoms with van der Waals surface area (Å²) in [6.45, 7) is 2.39. The van der Waals surface area contributed by atoms with E-state index in [1.54, 1.807) is 12.1 Å². The normalized spacial score (nSPS) is 10.4. The monoisotopic (exact) mass is 278 g/mol. The van der Waals surface area contributed by atoms with Gasteiger partial charge in [0, 0.05) is 36.0 Å². The maximum atomic E-state index is 11.1. The fraction of sp³-hybridized carbons (Fsp3) is 0.286. The first-order valence-corrected chi connectivity index (χ1v) is 6.55. The number of carbonyl (C=O) groups is 1. The number of halogens is 1. The van der Waals surface area contributed by atoms with Crippen LogP contribution in [0.2, 0.25) is 5.02 Å². The maximum absolute atomic E-state index is 11.1. The topological polar surface area (TPSA) is 55.1 Å². The lowest BCUT2D eigenvalue weighted by Crippen LogP contribution is -2.24. The molecule has 19 heavy (non-hydrogen) atoms. The van der Waals surface area contributed by atoms with Gasteiger partial charge in [-0.2, -0.15) is 0 Å². The van der Waals surface area contributed by atoms with Gasteiger partial charge in [0.1, 0.15) is 0 Å². The molecule has 2 rings (SSSR count). The van der Waals surface area contributed by atoms with Crippen molar-refractivity contribution in [1.82, 2.24) is 10.5 Å². The Labute approximate surface area is 116 Å². The summed E-state index contributed by atoms with van der Waals surface area (Å²) in [6, 6.07) is 9.25. The van der Waals surface area contributed by atoms with E-state index in [0.29, 0.717) is 30.2 Å². The molecule has 0 bridgehead atoms. The van der Waals surface area contributed by atoms with E-state index in [0.717, 1.165) is 11.3 Å². The van der Waals surface area contributed by atoms with Crippen LogP contribution in [0.3, 0.4) is 0 Å². The van der Waals surface area contributed by atoms with Crippen molar-refractivity contribution in [1.29, 1.82) is 0 Å². The van der Waals surface area contributed by atoms with Crippen molar-refractivity contribution in [2.24, 2.45) is 0 Å². The van der Waals surface area contributed by atoms with Gasteiger partial charge in [0.2, 0.25) is 5.91 Å². The molecule has 1 amide bonds. The van der Waals surface area contributed by atoms with Crippen molar-refractivity contribution in [2.45, 2.75) is 19.8 Å². The van der Waals surface area contributed by atoms with Crippen LogP contribution in [0, 0.1) is 0 Å². The number of hydrogen-bond acceptors (Lipinski definition) is 3. The van der Waals surface area contributed by atoms with E-state index in [4.69, 9.17) is 16.1 Å². The van der Waals surface area contributed by atoms with Crippen molar-refractivity contribution in [3.63, 3.8) is 0 Å². The predicted molar refractivity (Wildman–Crippen MR) is 74.0 cm³/mol. The van der Waals surface area contributed by atoms with E-state index in [9.17, 15) is 4.79 Å². The minimum absolute atomic E-state index is 0.0430. The third-order valence-corrected chi connectivity index (χ3v) is 2.96. The number of nitrogens with zero attached hydrogens (tertiary/aromatic N) is 1. The minimum atomic E-state index is 0.0430. The summed E-state index contributed by atoms with van der Waals surface area (Å²) in [7, 11) is 0. The van der Waals surface area contributed by atoms with E-state index in [1.165, 1.54) is 0 Å². The summed E-state index contributed by atoms with van der Waals surface area (Å²) in [5.74, 6) is 0.745. The van der Waals surface area contributed by atoms with Crippen LogP contribution in [-0.2, 0) is 11.2 Å². The summed E-state index contributed by atoms with van der Waals surface area (Å²) < 4.78 is 5.27. The number of benzene rings is 1. The highest BCUT2D eigenvalue weighted by atomic mass is 35.5.